The number of nitrogens with one attached hydrogen (secondary N) is 2. The number of halogens is 2. The molecule has 0 aliphatic rings. The minimum Gasteiger partial charge on any atom is -0.370 e. The van der Waals surface area contributed by atoms with Gasteiger partial charge in [-0.1, -0.05) is 6.07 Å². The van der Waals surface area contributed by atoms with E-state index < -0.39 is 11.6 Å². The number of rotatable bonds is 4. The lowest BCUT2D eigenvalue weighted by Crippen LogP contribution is -2.03. The van der Waals surface area contributed by atoms with Crippen LogP contribution in [0.4, 0.5) is 26.1 Å². The highest BCUT2D eigenvalue weighted by atomic mass is 19.1. The van der Waals surface area contributed by atoms with Gasteiger partial charge >= 0.3 is 0 Å². The van der Waals surface area contributed by atoms with E-state index in [4.69, 9.17) is 0 Å². The molecule has 0 bridgehead atoms. The molecule has 0 saturated heterocycles. The van der Waals surface area contributed by atoms with Crippen molar-refractivity contribution in [3.63, 3.8) is 0 Å². The first-order valence-electron chi connectivity index (χ1n) is 5.47. The second-order valence-corrected chi connectivity index (χ2v) is 3.54. The normalized spacial score (nSPS) is 10.2. The van der Waals surface area contributed by atoms with Crippen molar-refractivity contribution < 1.29 is 8.78 Å². The number of hydrogen-bond donors (Lipinski definition) is 2. The Kier molecular flexibility index (Phi) is 3.66. The van der Waals surface area contributed by atoms with Crippen LogP contribution in [0.15, 0.2) is 30.6 Å². The molecule has 2 N–H and O–H groups in total. The first-order chi connectivity index (χ1) is 8.70. The second kappa shape index (κ2) is 5.39. The fourth-order valence-corrected chi connectivity index (χ4v) is 1.45. The van der Waals surface area contributed by atoms with Gasteiger partial charge in [-0.2, -0.15) is 0 Å². The van der Waals surface area contributed by atoms with E-state index in [-0.39, 0.29) is 5.69 Å². The maximum Gasteiger partial charge on any atom is 0.149 e. The fourth-order valence-electron chi connectivity index (χ4n) is 1.45. The van der Waals surface area contributed by atoms with Crippen LogP contribution in [-0.4, -0.2) is 16.5 Å². The van der Waals surface area contributed by atoms with Crippen LogP contribution in [0.25, 0.3) is 0 Å². The summed E-state index contributed by atoms with van der Waals surface area (Å²) in [6.07, 6.45) is 1.32. The van der Waals surface area contributed by atoms with Crippen molar-refractivity contribution in [2.75, 3.05) is 17.2 Å². The summed E-state index contributed by atoms with van der Waals surface area (Å²) >= 11 is 0. The van der Waals surface area contributed by atoms with Gasteiger partial charge in [0.05, 0.1) is 0 Å². The minimum atomic E-state index is -0.668. The van der Waals surface area contributed by atoms with E-state index in [2.05, 4.69) is 20.6 Å². The summed E-state index contributed by atoms with van der Waals surface area (Å²) in [5, 5.41) is 5.58. The Labute approximate surface area is 103 Å². The van der Waals surface area contributed by atoms with Gasteiger partial charge < -0.3 is 10.6 Å². The lowest BCUT2D eigenvalue weighted by molar-refractivity contribution is 0.590. The second-order valence-electron chi connectivity index (χ2n) is 3.54. The summed E-state index contributed by atoms with van der Waals surface area (Å²) in [6.45, 7) is 2.62. The smallest absolute Gasteiger partial charge is 0.149 e. The third-order valence-electron chi connectivity index (χ3n) is 2.24. The average molecular weight is 250 g/mol. The fraction of sp³-hybridized carbons (Fsp3) is 0.167. The molecule has 0 spiro atoms. The third-order valence-corrected chi connectivity index (χ3v) is 2.24. The molecule has 0 fully saturated rings. The molecular weight excluding hydrogens is 238 g/mol. The van der Waals surface area contributed by atoms with Gasteiger partial charge in [0.25, 0.3) is 0 Å². The van der Waals surface area contributed by atoms with Crippen molar-refractivity contribution in [1.29, 1.82) is 0 Å². The van der Waals surface area contributed by atoms with Crippen molar-refractivity contribution in [1.82, 2.24) is 9.97 Å². The quantitative estimate of drug-likeness (QED) is 0.876. The maximum atomic E-state index is 13.4. The van der Waals surface area contributed by atoms with Crippen LogP contribution in [0.5, 0.6) is 0 Å². The van der Waals surface area contributed by atoms with Crippen molar-refractivity contribution >= 4 is 17.3 Å². The molecule has 1 aromatic carbocycles. The van der Waals surface area contributed by atoms with E-state index in [1.165, 1.54) is 24.5 Å². The predicted octanol–water partition coefficient (Wildman–Crippen LogP) is 2.93. The largest absolute Gasteiger partial charge is 0.370 e. The number of para-hydroxylation sites is 1. The number of hydrogen-bond acceptors (Lipinski definition) is 4. The highest BCUT2D eigenvalue weighted by Crippen LogP contribution is 2.22. The van der Waals surface area contributed by atoms with Gasteiger partial charge in [-0.05, 0) is 19.1 Å². The van der Waals surface area contributed by atoms with E-state index in [0.717, 1.165) is 0 Å². The molecular formula is C12H12F2N4. The number of nitrogens with zero attached hydrogens (tertiary/aromatic N) is 2. The summed E-state index contributed by atoms with van der Waals surface area (Å²) in [5.74, 6) is -0.422. The molecule has 0 aliphatic heterocycles. The summed E-state index contributed by atoms with van der Waals surface area (Å²) < 4.78 is 26.8. The molecule has 0 unspecified atom stereocenters. The third kappa shape index (κ3) is 2.71. The Bertz CT molecular complexity index is 525. The molecule has 18 heavy (non-hydrogen) atoms. The van der Waals surface area contributed by atoms with E-state index in [9.17, 15) is 8.78 Å². The zero-order chi connectivity index (χ0) is 13.0. The molecule has 6 heteroatoms. The molecule has 0 radical (unpaired) electrons. The number of anilines is 3. The van der Waals surface area contributed by atoms with Crippen LogP contribution in [0.3, 0.4) is 0 Å². The van der Waals surface area contributed by atoms with Crippen molar-refractivity contribution in [3.05, 3.63) is 42.2 Å². The Hall–Kier alpha value is -2.24. The SMILES string of the molecule is CCNc1cc(Nc2c(F)cccc2F)ncn1. The molecule has 0 saturated carbocycles. The Morgan fingerprint density at radius 1 is 1.11 bits per heavy atom. The lowest BCUT2D eigenvalue weighted by Gasteiger charge is -2.09. The maximum absolute atomic E-state index is 13.4. The molecule has 0 aliphatic carbocycles. The van der Waals surface area contributed by atoms with Gasteiger partial charge in [0.2, 0.25) is 0 Å². The average Bonchev–Trinajstić information content (AvgIpc) is 2.35. The van der Waals surface area contributed by atoms with Gasteiger partial charge in [-0.3, -0.25) is 0 Å². The standard InChI is InChI=1S/C12H12F2N4/c1-2-15-10-6-11(17-7-16-10)18-12-8(13)4-3-5-9(12)14/h3-7H,2H2,1H3,(H2,15,16,17,18). The van der Waals surface area contributed by atoms with E-state index in [0.29, 0.717) is 18.2 Å². The molecule has 0 atom stereocenters. The summed E-state index contributed by atoms with van der Waals surface area (Å²) in [4.78, 5) is 7.87. The molecule has 0 amide bonds. The first-order valence-corrected chi connectivity index (χ1v) is 5.47. The molecule has 2 rings (SSSR count). The van der Waals surface area contributed by atoms with Gasteiger partial charge in [0.15, 0.2) is 0 Å². The van der Waals surface area contributed by atoms with Crippen molar-refractivity contribution in [2.24, 2.45) is 0 Å². The van der Waals surface area contributed by atoms with E-state index in [1.807, 2.05) is 6.92 Å². The van der Waals surface area contributed by atoms with Crippen LogP contribution in [-0.2, 0) is 0 Å². The van der Waals surface area contributed by atoms with E-state index in [1.54, 1.807) is 6.07 Å². The van der Waals surface area contributed by atoms with Gasteiger partial charge in [0.1, 0.15) is 35.3 Å². The lowest BCUT2D eigenvalue weighted by atomic mass is 10.3. The Balaban J connectivity index is 2.26. The molecule has 2 aromatic rings. The molecule has 1 heterocycles. The number of aromatic nitrogens is 2. The number of benzene rings is 1. The van der Waals surface area contributed by atoms with Gasteiger partial charge in [-0.15, -0.1) is 0 Å². The zero-order valence-electron chi connectivity index (χ0n) is 9.74. The van der Waals surface area contributed by atoms with Crippen LogP contribution < -0.4 is 10.6 Å². The van der Waals surface area contributed by atoms with E-state index >= 15 is 0 Å². The highest BCUT2D eigenvalue weighted by Gasteiger charge is 2.09. The van der Waals surface area contributed by atoms with Gasteiger partial charge in [0, 0.05) is 12.6 Å². The topological polar surface area (TPSA) is 49.8 Å². The first kappa shape index (κ1) is 12.2. The monoisotopic (exact) mass is 250 g/mol. The molecule has 94 valence electrons. The highest BCUT2D eigenvalue weighted by molar-refractivity contribution is 5.59. The van der Waals surface area contributed by atoms with Crippen molar-refractivity contribution in [3.8, 4) is 0 Å². The van der Waals surface area contributed by atoms with Gasteiger partial charge in [-0.25, -0.2) is 18.7 Å². The molecule has 1 aromatic heterocycles. The zero-order valence-corrected chi connectivity index (χ0v) is 9.74. The predicted molar refractivity (Wildman–Crippen MR) is 65.8 cm³/mol. The summed E-state index contributed by atoms with van der Waals surface area (Å²) in [7, 11) is 0. The van der Waals surface area contributed by atoms with Crippen LogP contribution in [0.1, 0.15) is 6.92 Å². The van der Waals surface area contributed by atoms with Crippen LogP contribution in [0, 0.1) is 11.6 Å². The summed E-state index contributed by atoms with van der Waals surface area (Å²) in [6, 6.07) is 5.24. The van der Waals surface area contributed by atoms with Crippen LogP contribution >= 0.6 is 0 Å². The summed E-state index contributed by atoms with van der Waals surface area (Å²) in [5.41, 5.74) is -0.223. The molecule has 4 nitrogen and oxygen atoms in total. The van der Waals surface area contributed by atoms with Crippen LogP contribution in [0.2, 0.25) is 0 Å². The minimum absolute atomic E-state index is 0.223. The van der Waals surface area contributed by atoms with Crippen molar-refractivity contribution in [2.45, 2.75) is 6.92 Å². The Morgan fingerprint density at radius 2 is 1.78 bits per heavy atom. The Morgan fingerprint density at radius 3 is 2.44 bits per heavy atom.